The van der Waals surface area contributed by atoms with Gasteiger partial charge in [-0.3, -0.25) is 4.68 Å². The number of carbonyl (C=O) groups excluding carboxylic acids is 1. The number of amides is 1. The van der Waals surface area contributed by atoms with Crippen LogP contribution >= 0.6 is 0 Å². The number of aryl methyl sites for hydroxylation is 1. The summed E-state index contributed by atoms with van der Waals surface area (Å²) in [6.07, 6.45) is 10.4. The molecule has 1 fully saturated rings. The quantitative estimate of drug-likeness (QED) is 0.652. The third-order valence-corrected chi connectivity index (χ3v) is 5.58. The summed E-state index contributed by atoms with van der Waals surface area (Å²) in [6, 6.07) is 2.02. The first kappa shape index (κ1) is 20.4. The van der Waals surface area contributed by atoms with Gasteiger partial charge in [-0.1, -0.05) is 0 Å². The molecule has 0 aliphatic heterocycles. The number of rotatable bonds is 4. The molecule has 8 heteroatoms. The van der Waals surface area contributed by atoms with Crippen LogP contribution in [0.4, 0.5) is 4.79 Å². The molecule has 0 spiro atoms. The van der Waals surface area contributed by atoms with E-state index in [0.717, 1.165) is 41.7 Å². The van der Waals surface area contributed by atoms with Crippen molar-refractivity contribution in [2.45, 2.75) is 51.6 Å². The molecule has 4 rings (SSSR count). The average Bonchev–Trinajstić information content (AvgIpc) is 3.39. The predicted octanol–water partition coefficient (Wildman–Crippen LogP) is 3.88. The van der Waals surface area contributed by atoms with E-state index in [1.807, 2.05) is 70.2 Å². The highest BCUT2D eigenvalue weighted by Gasteiger charge is 2.31. The van der Waals surface area contributed by atoms with Crippen LogP contribution in [-0.2, 0) is 11.8 Å². The predicted molar refractivity (Wildman–Crippen MR) is 114 cm³/mol. The van der Waals surface area contributed by atoms with E-state index in [1.54, 1.807) is 9.58 Å². The molecule has 3 aromatic rings. The summed E-state index contributed by atoms with van der Waals surface area (Å²) in [5, 5.41) is 8.72. The van der Waals surface area contributed by atoms with Gasteiger partial charge in [-0.05, 0) is 52.0 Å². The Morgan fingerprint density at radius 3 is 2.77 bits per heavy atom. The van der Waals surface area contributed by atoms with Crippen molar-refractivity contribution in [3.63, 3.8) is 0 Å². The van der Waals surface area contributed by atoms with E-state index in [1.165, 1.54) is 0 Å². The van der Waals surface area contributed by atoms with Gasteiger partial charge < -0.3 is 9.64 Å². The molecular weight excluding hydrogens is 380 g/mol. The van der Waals surface area contributed by atoms with Crippen molar-refractivity contribution >= 4 is 11.6 Å². The average molecular weight is 411 g/mol. The molecular formula is C22H30N6O2. The summed E-state index contributed by atoms with van der Waals surface area (Å²) >= 11 is 0. The maximum atomic E-state index is 12.3. The number of aromatic nitrogens is 5. The SMILES string of the molecule is CN(CC1CCC(c2nc(-c3cnn(C)c3)cn3nccc23)C1)C(=O)OC(C)(C)C. The van der Waals surface area contributed by atoms with Crippen LogP contribution in [-0.4, -0.2) is 54.6 Å². The third kappa shape index (κ3) is 4.32. The fourth-order valence-corrected chi connectivity index (χ4v) is 4.24. The van der Waals surface area contributed by atoms with Gasteiger partial charge in [-0.15, -0.1) is 0 Å². The first-order chi connectivity index (χ1) is 14.2. The van der Waals surface area contributed by atoms with E-state index in [9.17, 15) is 4.79 Å². The fourth-order valence-electron chi connectivity index (χ4n) is 4.24. The summed E-state index contributed by atoms with van der Waals surface area (Å²) < 4.78 is 9.18. The molecule has 0 aromatic carbocycles. The molecule has 160 valence electrons. The number of fused-ring (bicyclic) bond motifs is 1. The van der Waals surface area contributed by atoms with Gasteiger partial charge in [0.1, 0.15) is 5.60 Å². The number of carbonyl (C=O) groups is 1. The second-order valence-corrected chi connectivity index (χ2v) is 9.31. The van der Waals surface area contributed by atoms with Gasteiger partial charge in [0.2, 0.25) is 0 Å². The van der Waals surface area contributed by atoms with Gasteiger partial charge >= 0.3 is 6.09 Å². The zero-order chi connectivity index (χ0) is 21.5. The Hall–Kier alpha value is -2.90. The molecule has 0 saturated heterocycles. The lowest BCUT2D eigenvalue weighted by Crippen LogP contribution is -2.36. The summed E-state index contributed by atoms with van der Waals surface area (Å²) in [6.45, 7) is 6.37. The van der Waals surface area contributed by atoms with Crippen molar-refractivity contribution in [2.75, 3.05) is 13.6 Å². The van der Waals surface area contributed by atoms with Gasteiger partial charge in [0.15, 0.2) is 0 Å². The Balaban J connectivity index is 1.51. The van der Waals surface area contributed by atoms with Crippen molar-refractivity contribution < 1.29 is 9.53 Å². The van der Waals surface area contributed by atoms with Crippen molar-refractivity contribution in [1.82, 2.24) is 29.3 Å². The van der Waals surface area contributed by atoms with Crippen LogP contribution in [0.3, 0.4) is 0 Å². The van der Waals surface area contributed by atoms with Gasteiger partial charge in [-0.2, -0.15) is 10.2 Å². The number of nitrogens with zero attached hydrogens (tertiary/aromatic N) is 6. The molecule has 1 saturated carbocycles. The Bertz CT molecular complexity index is 1050. The van der Waals surface area contributed by atoms with E-state index in [2.05, 4.69) is 10.2 Å². The number of ether oxygens (including phenoxy) is 1. The summed E-state index contributed by atoms with van der Waals surface area (Å²) in [5.74, 6) is 0.775. The standard InChI is InChI=1S/C22H30N6O2/c1-22(2,3)30-21(29)26(4)12-15-6-7-16(10-15)20-19-8-9-23-28(19)14-18(25-20)17-11-24-27(5)13-17/h8-9,11,13-16H,6-7,10,12H2,1-5H3. The Labute approximate surface area is 176 Å². The van der Waals surface area contributed by atoms with Crippen molar-refractivity contribution in [1.29, 1.82) is 0 Å². The van der Waals surface area contributed by atoms with E-state index >= 15 is 0 Å². The minimum absolute atomic E-state index is 0.263. The molecule has 30 heavy (non-hydrogen) atoms. The molecule has 1 aliphatic carbocycles. The Kier molecular flexibility index (Phi) is 5.26. The highest BCUT2D eigenvalue weighted by Crippen LogP contribution is 2.40. The molecule has 0 radical (unpaired) electrons. The third-order valence-electron chi connectivity index (χ3n) is 5.58. The zero-order valence-electron chi connectivity index (χ0n) is 18.4. The molecule has 3 heterocycles. The Morgan fingerprint density at radius 1 is 1.27 bits per heavy atom. The molecule has 1 aliphatic rings. The minimum Gasteiger partial charge on any atom is -0.444 e. The lowest BCUT2D eigenvalue weighted by atomic mass is 10.00. The summed E-state index contributed by atoms with van der Waals surface area (Å²) in [7, 11) is 3.72. The van der Waals surface area contributed by atoms with Gasteiger partial charge in [-0.25, -0.2) is 14.3 Å². The van der Waals surface area contributed by atoms with E-state index in [0.29, 0.717) is 18.4 Å². The van der Waals surface area contributed by atoms with E-state index < -0.39 is 5.60 Å². The van der Waals surface area contributed by atoms with Crippen LogP contribution in [0.5, 0.6) is 0 Å². The Morgan fingerprint density at radius 2 is 2.07 bits per heavy atom. The lowest BCUT2D eigenvalue weighted by molar-refractivity contribution is 0.0274. The molecule has 2 unspecified atom stereocenters. The first-order valence-electron chi connectivity index (χ1n) is 10.5. The monoisotopic (exact) mass is 410 g/mol. The maximum absolute atomic E-state index is 12.3. The number of hydrogen-bond acceptors (Lipinski definition) is 5. The van der Waals surface area contributed by atoms with Crippen LogP contribution in [0, 0.1) is 5.92 Å². The second kappa shape index (κ2) is 7.74. The van der Waals surface area contributed by atoms with Gasteiger partial charge in [0.25, 0.3) is 0 Å². The maximum Gasteiger partial charge on any atom is 0.410 e. The summed E-state index contributed by atoms with van der Waals surface area (Å²) in [5.41, 5.74) is 3.51. The van der Waals surface area contributed by atoms with E-state index in [4.69, 9.17) is 9.72 Å². The highest BCUT2D eigenvalue weighted by molar-refractivity contribution is 5.67. The van der Waals surface area contributed by atoms with Crippen molar-refractivity contribution in [2.24, 2.45) is 13.0 Å². The highest BCUT2D eigenvalue weighted by atomic mass is 16.6. The van der Waals surface area contributed by atoms with Crippen LogP contribution in [0.2, 0.25) is 0 Å². The molecule has 0 N–H and O–H groups in total. The normalized spacial score (nSPS) is 19.4. The fraction of sp³-hybridized carbons (Fsp3) is 0.545. The van der Waals surface area contributed by atoms with Gasteiger partial charge in [0, 0.05) is 38.3 Å². The molecule has 2 atom stereocenters. The molecule has 3 aromatic heterocycles. The van der Waals surface area contributed by atoms with Crippen molar-refractivity contribution in [3.8, 4) is 11.3 Å². The summed E-state index contributed by atoms with van der Waals surface area (Å²) in [4.78, 5) is 19.0. The minimum atomic E-state index is -0.478. The second-order valence-electron chi connectivity index (χ2n) is 9.31. The van der Waals surface area contributed by atoms with Crippen LogP contribution < -0.4 is 0 Å². The van der Waals surface area contributed by atoms with Gasteiger partial charge in [0.05, 0.1) is 35.5 Å². The molecule has 0 bridgehead atoms. The van der Waals surface area contributed by atoms with Crippen LogP contribution in [0.1, 0.15) is 51.6 Å². The number of hydrogen-bond donors (Lipinski definition) is 0. The lowest BCUT2D eigenvalue weighted by Gasteiger charge is -2.26. The van der Waals surface area contributed by atoms with Crippen LogP contribution in [0.15, 0.2) is 30.9 Å². The van der Waals surface area contributed by atoms with Crippen LogP contribution in [0.25, 0.3) is 16.8 Å². The first-order valence-corrected chi connectivity index (χ1v) is 10.5. The zero-order valence-corrected chi connectivity index (χ0v) is 18.4. The smallest absolute Gasteiger partial charge is 0.410 e. The van der Waals surface area contributed by atoms with Crippen molar-refractivity contribution in [3.05, 3.63) is 36.5 Å². The molecule has 8 nitrogen and oxygen atoms in total. The topological polar surface area (TPSA) is 77.5 Å². The molecule has 1 amide bonds. The van der Waals surface area contributed by atoms with E-state index in [-0.39, 0.29) is 6.09 Å². The largest absolute Gasteiger partial charge is 0.444 e.